The number of carbonyl (C=O) groups is 2. The van der Waals surface area contributed by atoms with Gasteiger partial charge in [-0.25, -0.2) is 0 Å². The predicted octanol–water partition coefficient (Wildman–Crippen LogP) is 1.28. The quantitative estimate of drug-likeness (QED) is 0.891. The average Bonchev–Trinajstić information content (AvgIpc) is 2.55. The Morgan fingerprint density at radius 2 is 2.00 bits per heavy atom. The molecule has 1 aliphatic heterocycles. The number of benzene rings is 1. The smallest absolute Gasteiger partial charge is 0.253 e. The molecule has 1 fully saturated rings. The molecule has 22 heavy (non-hydrogen) atoms. The minimum absolute atomic E-state index is 0.000638. The number of rotatable bonds is 5. The molecule has 0 atom stereocenters. The minimum Gasteiger partial charge on any atom is -0.340 e. The minimum atomic E-state index is -0.000638. The fourth-order valence-electron chi connectivity index (χ4n) is 2.67. The molecule has 0 saturated carbocycles. The summed E-state index contributed by atoms with van der Waals surface area (Å²) < 4.78 is 0. The first kappa shape index (κ1) is 16.5. The molecular weight excluding hydrogens is 278 g/mol. The molecule has 0 bridgehead atoms. The molecule has 1 N–H and O–H groups in total. The lowest BCUT2D eigenvalue weighted by atomic mass is 10.1. The number of piperazine rings is 1. The van der Waals surface area contributed by atoms with Gasteiger partial charge in [0.25, 0.3) is 5.91 Å². The lowest BCUT2D eigenvalue weighted by molar-refractivity contribution is -0.131. The highest BCUT2D eigenvalue weighted by Gasteiger charge is 2.19. The fraction of sp³-hybridized carbons (Fsp3) is 0.529. The molecule has 1 saturated heterocycles. The molecule has 1 heterocycles. The van der Waals surface area contributed by atoms with E-state index in [4.69, 9.17) is 0 Å². The number of hydrogen-bond donors (Lipinski definition) is 1. The number of aryl methyl sites for hydroxylation is 1. The molecule has 1 aromatic carbocycles. The SMILES string of the molecule is CCN(CCC(=O)N1CCNCC1)C(=O)c1cccc(C)c1. The van der Waals surface area contributed by atoms with Crippen molar-refractivity contribution in [3.63, 3.8) is 0 Å². The standard InChI is InChI=1S/C17H25N3O2/c1-3-19(17(22)15-6-4-5-14(2)13-15)10-7-16(21)20-11-8-18-9-12-20/h4-6,13,18H,3,7-12H2,1-2H3. The van der Waals surface area contributed by atoms with Crippen LogP contribution in [-0.2, 0) is 4.79 Å². The molecule has 0 aromatic heterocycles. The molecule has 120 valence electrons. The van der Waals surface area contributed by atoms with Crippen molar-refractivity contribution in [1.29, 1.82) is 0 Å². The summed E-state index contributed by atoms with van der Waals surface area (Å²) in [7, 11) is 0. The van der Waals surface area contributed by atoms with Crippen molar-refractivity contribution in [2.24, 2.45) is 0 Å². The van der Waals surface area contributed by atoms with Gasteiger partial charge in [0.15, 0.2) is 0 Å². The Morgan fingerprint density at radius 3 is 2.64 bits per heavy atom. The van der Waals surface area contributed by atoms with E-state index < -0.39 is 0 Å². The van der Waals surface area contributed by atoms with Gasteiger partial charge >= 0.3 is 0 Å². The topological polar surface area (TPSA) is 52.7 Å². The first-order chi connectivity index (χ1) is 10.6. The van der Waals surface area contributed by atoms with Crippen molar-refractivity contribution >= 4 is 11.8 Å². The van der Waals surface area contributed by atoms with Crippen LogP contribution in [0, 0.1) is 6.92 Å². The van der Waals surface area contributed by atoms with Crippen LogP contribution in [-0.4, -0.2) is 60.9 Å². The van der Waals surface area contributed by atoms with E-state index in [0.29, 0.717) is 25.1 Å². The maximum Gasteiger partial charge on any atom is 0.253 e. The number of nitrogens with one attached hydrogen (secondary N) is 1. The molecule has 1 aliphatic rings. The summed E-state index contributed by atoms with van der Waals surface area (Å²) in [6.45, 7) is 8.24. The van der Waals surface area contributed by atoms with E-state index in [1.165, 1.54) is 0 Å². The molecule has 0 unspecified atom stereocenters. The second-order valence-electron chi connectivity index (χ2n) is 5.64. The van der Waals surface area contributed by atoms with Crippen LogP contribution in [0.15, 0.2) is 24.3 Å². The average molecular weight is 303 g/mol. The van der Waals surface area contributed by atoms with Gasteiger partial charge in [-0.2, -0.15) is 0 Å². The summed E-state index contributed by atoms with van der Waals surface area (Å²) >= 11 is 0. The van der Waals surface area contributed by atoms with Crippen molar-refractivity contribution in [3.05, 3.63) is 35.4 Å². The van der Waals surface area contributed by atoms with Gasteiger partial charge in [-0.05, 0) is 26.0 Å². The van der Waals surface area contributed by atoms with E-state index in [1.807, 2.05) is 43.0 Å². The summed E-state index contributed by atoms with van der Waals surface area (Å²) in [5, 5.41) is 3.23. The Kier molecular flexibility index (Phi) is 5.95. The van der Waals surface area contributed by atoms with Crippen molar-refractivity contribution in [2.75, 3.05) is 39.3 Å². The summed E-state index contributed by atoms with van der Waals surface area (Å²) in [5.41, 5.74) is 1.76. The Labute approximate surface area is 132 Å². The number of hydrogen-bond acceptors (Lipinski definition) is 3. The third-order valence-corrected chi connectivity index (χ3v) is 4.00. The monoisotopic (exact) mass is 303 g/mol. The Morgan fingerprint density at radius 1 is 1.27 bits per heavy atom. The van der Waals surface area contributed by atoms with E-state index >= 15 is 0 Å². The second kappa shape index (κ2) is 7.94. The van der Waals surface area contributed by atoms with Gasteiger partial charge < -0.3 is 15.1 Å². The van der Waals surface area contributed by atoms with Crippen molar-refractivity contribution in [2.45, 2.75) is 20.3 Å². The molecule has 2 rings (SSSR count). The highest BCUT2D eigenvalue weighted by molar-refractivity contribution is 5.94. The Bertz CT molecular complexity index is 524. The van der Waals surface area contributed by atoms with E-state index in [-0.39, 0.29) is 11.8 Å². The van der Waals surface area contributed by atoms with E-state index in [1.54, 1.807) is 4.90 Å². The number of nitrogens with zero attached hydrogens (tertiary/aromatic N) is 2. The Balaban J connectivity index is 1.91. The third kappa shape index (κ3) is 4.31. The van der Waals surface area contributed by atoms with Gasteiger partial charge in [0.05, 0.1) is 0 Å². The van der Waals surface area contributed by atoms with Crippen molar-refractivity contribution < 1.29 is 9.59 Å². The van der Waals surface area contributed by atoms with Gasteiger partial charge in [0, 0.05) is 51.3 Å². The maximum atomic E-state index is 12.5. The van der Waals surface area contributed by atoms with Gasteiger partial charge in [0.2, 0.25) is 5.91 Å². The lowest BCUT2D eigenvalue weighted by Gasteiger charge is -2.28. The van der Waals surface area contributed by atoms with Crippen LogP contribution in [0.25, 0.3) is 0 Å². The first-order valence-electron chi connectivity index (χ1n) is 7.96. The van der Waals surface area contributed by atoms with Gasteiger partial charge in [-0.3, -0.25) is 9.59 Å². The number of carbonyl (C=O) groups excluding carboxylic acids is 2. The van der Waals surface area contributed by atoms with Crippen LogP contribution >= 0.6 is 0 Å². The summed E-state index contributed by atoms with van der Waals surface area (Å²) in [6, 6.07) is 7.59. The molecule has 0 spiro atoms. The summed E-state index contributed by atoms with van der Waals surface area (Å²) in [5.74, 6) is 0.135. The van der Waals surface area contributed by atoms with Gasteiger partial charge in [-0.1, -0.05) is 17.7 Å². The summed E-state index contributed by atoms with van der Waals surface area (Å²) in [4.78, 5) is 28.3. The van der Waals surface area contributed by atoms with E-state index in [2.05, 4.69) is 5.32 Å². The molecule has 0 radical (unpaired) electrons. The molecule has 2 amide bonds. The summed E-state index contributed by atoms with van der Waals surface area (Å²) in [6.07, 6.45) is 0.394. The van der Waals surface area contributed by atoms with E-state index in [0.717, 1.165) is 31.7 Å². The molecule has 1 aromatic rings. The fourth-order valence-corrected chi connectivity index (χ4v) is 2.67. The highest BCUT2D eigenvalue weighted by Crippen LogP contribution is 2.09. The normalized spacial score (nSPS) is 14.7. The van der Waals surface area contributed by atoms with Crippen LogP contribution < -0.4 is 5.32 Å². The van der Waals surface area contributed by atoms with Crippen LogP contribution in [0.2, 0.25) is 0 Å². The van der Waals surface area contributed by atoms with Gasteiger partial charge in [-0.15, -0.1) is 0 Å². The Hall–Kier alpha value is -1.88. The van der Waals surface area contributed by atoms with Crippen LogP contribution in [0.1, 0.15) is 29.3 Å². The molecule has 5 heteroatoms. The molecular formula is C17H25N3O2. The van der Waals surface area contributed by atoms with E-state index in [9.17, 15) is 9.59 Å². The lowest BCUT2D eigenvalue weighted by Crippen LogP contribution is -2.47. The number of amides is 2. The predicted molar refractivity (Wildman–Crippen MR) is 86.8 cm³/mol. The largest absolute Gasteiger partial charge is 0.340 e. The van der Waals surface area contributed by atoms with Crippen molar-refractivity contribution in [3.8, 4) is 0 Å². The van der Waals surface area contributed by atoms with Crippen LogP contribution in [0.3, 0.4) is 0 Å². The van der Waals surface area contributed by atoms with Crippen molar-refractivity contribution in [1.82, 2.24) is 15.1 Å². The maximum absolute atomic E-state index is 12.5. The third-order valence-electron chi connectivity index (χ3n) is 4.00. The van der Waals surface area contributed by atoms with Gasteiger partial charge in [0.1, 0.15) is 0 Å². The van der Waals surface area contributed by atoms with Crippen LogP contribution in [0.4, 0.5) is 0 Å². The zero-order chi connectivity index (χ0) is 15.9. The first-order valence-corrected chi connectivity index (χ1v) is 7.96. The van der Waals surface area contributed by atoms with Crippen LogP contribution in [0.5, 0.6) is 0 Å². The molecule has 0 aliphatic carbocycles. The zero-order valence-electron chi connectivity index (χ0n) is 13.5. The second-order valence-corrected chi connectivity index (χ2v) is 5.64. The highest BCUT2D eigenvalue weighted by atomic mass is 16.2. The molecule has 5 nitrogen and oxygen atoms in total. The zero-order valence-corrected chi connectivity index (χ0v) is 13.5.